The van der Waals surface area contributed by atoms with Gasteiger partial charge in [-0.1, -0.05) is 96.1 Å². The van der Waals surface area contributed by atoms with Gasteiger partial charge in [-0.3, -0.25) is 0 Å². The van der Waals surface area contributed by atoms with Crippen LogP contribution in [0.2, 0.25) is 0 Å². The smallest absolute Gasteiger partial charge is 0.128 e. The Morgan fingerprint density at radius 2 is 1.06 bits per heavy atom. The van der Waals surface area contributed by atoms with E-state index in [1.165, 1.54) is 0 Å². The van der Waals surface area contributed by atoms with Gasteiger partial charge in [-0.2, -0.15) is 0 Å². The summed E-state index contributed by atoms with van der Waals surface area (Å²) >= 11 is 0. The molecule has 0 saturated heterocycles. The molecule has 7 aromatic rings. The van der Waals surface area contributed by atoms with E-state index < -0.39 is 0 Å². The average molecular weight is 840 g/mol. The molecule has 51 heavy (non-hydrogen) atoms. The Morgan fingerprint density at radius 3 is 1.57 bits per heavy atom. The van der Waals surface area contributed by atoms with Crippen LogP contribution in [-0.2, 0) is 50.8 Å². The number of hydrogen-bond donors (Lipinski definition) is 2. The number of hydrogen-bond acceptors (Lipinski definition) is 3. The number of phenols is 2. The van der Waals surface area contributed by atoms with Gasteiger partial charge in [-0.25, -0.2) is 4.98 Å². The van der Waals surface area contributed by atoms with Gasteiger partial charge in [0.05, 0.1) is 22.8 Å². The molecule has 5 nitrogen and oxygen atoms in total. The summed E-state index contributed by atoms with van der Waals surface area (Å²) in [7, 11) is 4.16. The Bertz CT molecular complexity index is 2470. The molecule has 6 heteroatoms. The average Bonchev–Trinajstić information content (AvgIpc) is 3.52. The molecule has 0 aliphatic heterocycles. The van der Waals surface area contributed by atoms with Gasteiger partial charge < -0.3 is 19.3 Å². The van der Waals surface area contributed by atoms with Crippen LogP contribution in [0.1, 0.15) is 63.8 Å². The third-order valence-electron chi connectivity index (χ3n) is 10.2. The minimum atomic E-state index is -0.240. The fraction of sp³-hybridized carbons (Fsp3) is 0.267. The van der Waals surface area contributed by atoms with Gasteiger partial charge in [0.25, 0.3) is 0 Å². The number of nitrogens with zero attached hydrogens (tertiary/aromatic N) is 3. The topological polar surface area (TPSA) is 63.2 Å². The summed E-state index contributed by atoms with van der Waals surface area (Å²) < 4.78 is 4.41. The zero-order chi connectivity index (χ0) is 35.9. The third-order valence-corrected chi connectivity index (χ3v) is 10.2. The molecule has 0 aliphatic rings. The molecule has 258 valence electrons. The largest absolute Gasteiger partial charge is 0.508 e. The molecule has 2 N–H and O–H groups in total. The SMILES string of the molecule is Cc1cc(-c2c(-c3cccc(-c4c(-c5cc(O)c(C(C)(C)C)cc5C)n(C)c5ccccc45)n3)c3ccccc3n2C)c(O)c(C(C)(C)C)c1.[Hf]. The maximum Gasteiger partial charge on any atom is 0.128 e. The van der Waals surface area contributed by atoms with Crippen molar-refractivity contribution in [3.8, 4) is 56.5 Å². The van der Waals surface area contributed by atoms with Crippen molar-refractivity contribution in [2.45, 2.75) is 66.2 Å². The Morgan fingerprint density at radius 1 is 0.569 bits per heavy atom. The summed E-state index contributed by atoms with van der Waals surface area (Å²) in [5.74, 6) is 0.598. The fourth-order valence-electron chi connectivity index (χ4n) is 7.73. The van der Waals surface area contributed by atoms with Crippen LogP contribution in [0.15, 0.2) is 91.0 Å². The second-order valence-corrected chi connectivity index (χ2v) is 15.9. The van der Waals surface area contributed by atoms with E-state index in [0.717, 1.165) is 89.1 Å². The van der Waals surface area contributed by atoms with Crippen LogP contribution in [-0.4, -0.2) is 24.3 Å². The van der Waals surface area contributed by atoms with Crippen LogP contribution in [0.4, 0.5) is 0 Å². The Balaban J connectivity index is 0.00000448. The summed E-state index contributed by atoms with van der Waals surface area (Å²) in [6, 6.07) is 31.3. The zero-order valence-electron chi connectivity index (χ0n) is 31.4. The first kappa shape index (κ1) is 36.4. The van der Waals surface area contributed by atoms with Crippen molar-refractivity contribution in [2.24, 2.45) is 14.1 Å². The van der Waals surface area contributed by atoms with Gasteiger partial charge in [0.1, 0.15) is 11.5 Å². The molecule has 0 fully saturated rings. The predicted molar refractivity (Wildman–Crippen MR) is 209 cm³/mol. The van der Waals surface area contributed by atoms with Crippen LogP contribution in [0, 0.1) is 13.8 Å². The third kappa shape index (κ3) is 6.05. The van der Waals surface area contributed by atoms with Crippen molar-refractivity contribution < 1.29 is 36.1 Å². The van der Waals surface area contributed by atoms with Gasteiger partial charge in [-0.05, 0) is 77.8 Å². The predicted octanol–water partition coefficient (Wildman–Crippen LogP) is 11.4. The van der Waals surface area contributed by atoms with Gasteiger partial charge in [0.2, 0.25) is 0 Å². The summed E-state index contributed by atoms with van der Waals surface area (Å²) in [4.78, 5) is 5.47. The Kier molecular flexibility index (Phi) is 9.25. The summed E-state index contributed by atoms with van der Waals surface area (Å²) in [6.07, 6.45) is 0. The maximum absolute atomic E-state index is 11.9. The first-order chi connectivity index (χ1) is 23.6. The minimum absolute atomic E-state index is 0. The normalized spacial score (nSPS) is 12.1. The first-order valence-electron chi connectivity index (χ1n) is 17.4. The molecular formula is C45H47HfN3O2. The number of aromatic nitrogens is 3. The van der Waals surface area contributed by atoms with Crippen molar-refractivity contribution in [3.63, 3.8) is 0 Å². The van der Waals surface area contributed by atoms with Crippen LogP contribution < -0.4 is 0 Å². The Hall–Kier alpha value is -4.42. The number of pyridine rings is 1. The first-order valence-corrected chi connectivity index (χ1v) is 17.4. The fourth-order valence-corrected chi connectivity index (χ4v) is 7.73. The number of fused-ring (bicyclic) bond motifs is 2. The Labute approximate surface area is 320 Å². The molecule has 0 atom stereocenters. The van der Waals surface area contributed by atoms with E-state index in [1.54, 1.807) is 0 Å². The van der Waals surface area contributed by atoms with Gasteiger partial charge in [0.15, 0.2) is 0 Å². The molecule has 0 unspecified atom stereocenters. The number of phenolic OH excluding ortho intramolecular Hbond substituents is 2. The van der Waals surface area contributed by atoms with E-state index in [-0.39, 0.29) is 36.7 Å². The molecule has 0 saturated carbocycles. The molecule has 4 aromatic carbocycles. The molecular weight excluding hydrogens is 793 g/mol. The van der Waals surface area contributed by atoms with Gasteiger partial charge >= 0.3 is 0 Å². The van der Waals surface area contributed by atoms with Crippen molar-refractivity contribution in [1.29, 1.82) is 0 Å². The van der Waals surface area contributed by atoms with Crippen molar-refractivity contribution in [1.82, 2.24) is 14.1 Å². The van der Waals surface area contributed by atoms with Crippen molar-refractivity contribution in [3.05, 3.63) is 113 Å². The second kappa shape index (κ2) is 13.0. The molecule has 0 spiro atoms. The summed E-state index contributed by atoms with van der Waals surface area (Å²) in [5, 5.41) is 25.4. The number of benzene rings is 4. The number of para-hydroxylation sites is 2. The number of rotatable bonds is 4. The maximum atomic E-state index is 11.9. The van der Waals surface area contributed by atoms with E-state index in [4.69, 9.17) is 4.98 Å². The monoisotopic (exact) mass is 841 g/mol. The van der Waals surface area contributed by atoms with E-state index in [2.05, 4.69) is 164 Å². The van der Waals surface area contributed by atoms with Crippen molar-refractivity contribution >= 4 is 21.8 Å². The number of aromatic hydroxyl groups is 2. The van der Waals surface area contributed by atoms with E-state index >= 15 is 0 Å². The van der Waals surface area contributed by atoms with Gasteiger partial charge in [-0.15, -0.1) is 0 Å². The molecule has 3 heterocycles. The summed E-state index contributed by atoms with van der Waals surface area (Å²) in [6.45, 7) is 17.0. The summed E-state index contributed by atoms with van der Waals surface area (Å²) in [5.41, 5.74) is 13.1. The van der Waals surface area contributed by atoms with Crippen LogP contribution in [0.25, 0.3) is 66.8 Å². The standard InChI is InChI=1S/C45H47N3O2.Hf/c1-26-22-31(43(50)33(23-26)45(6,7)8)42-40(29-17-12-14-21-37(29)48(42)10)35-19-15-18-34(46-35)39-28-16-11-13-20-36(28)47(9)41(39)30-25-38(49)32(24-27(30)2)44(3,4)5;/h11-25,49-50H,1-10H3;. The van der Waals surface area contributed by atoms with Crippen LogP contribution >= 0.6 is 0 Å². The molecule has 0 aliphatic carbocycles. The molecule has 0 bridgehead atoms. The van der Waals surface area contributed by atoms with Crippen LogP contribution in [0.3, 0.4) is 0 Å². The van der Waals surface area contributed by atoms with E-state index in [0.29, 0.717) is 11.5 Å². The van der Waals surface area contributed by atoms with E-state index in [9.17, 15) is 10.2 Å². The quantitative estimate of drug-likeness (QED) is 0.174. The van der Waals surface area contributed by atoms with Crippen LogP contribution in [0.5, 0.6) is 11.5 Å². The zero-order valence-corrected chi connectivity index (χ0v) is 35.0. The molecule has 7 rings (SSSR count). The number of aryl methyl sites for hydroxylation is 4. The van der Waals surface area contributed by atoms with E-state index in [1.807, 2.05) is 6.07 Å². The minimum Gasteiger partial charge on any atom is -0.508 e. The molecule has 0 radical (unpaired) electrons. The van der Waals surface area contributed by atoms with Crippen molar-refractivity contribution in [2.75, 3.05) is 0 Å². The molecule has 0 amide bonds. The molecule has 3 aromatic heterocycles. The van der Waals surface area contributed by atoms with Gasteiger partial charge in [0, 0.05) is 89.6 Å². The second-order valence-electron chi connectivity index (χ2n) is 15.9.